The van der Waals surface area contributed by atoms with Crippen LogP contribution in [-0.4, -0.2) is 0 Å². The molecule has 1 heteroatoms. The molecular weight excluding hydrogens is 367 g/mol. The van der Waals surface area contributed by atoms with Crippen LogP contribution < -0.4 is 0 Å². The van der Waals surface area contributed by atoms with Crippen molar-refractivity contribution in [3.8, 4) is 0 Å². The van der Waals surface area contributed by atoms with Gasteiger partial charge in [-0.2, -0.15) is 0 Å². The number of hydrogen-bond donors (Lipinski definition) is 0. The number of allylic oxidation sites excluding steroid dienone is 2. The van der Waals surface area contributed by atoms with Gasteiger partial charge < -0.3 is 0 Å². The molecule has 0 aromatic heterocycles. The number of hydrogen-bond acceptors (Lipinski definition) is 0. The number of unbranched alkanes of at least 4 members (excludes halogenated alkanes) is 1. The van der Waals surface area contributed by atoms with Gasteiger partial charge in [0.25, 0.3) is 0 Å². The van der Waals surface area contributed by atoms with E-state index in [0.29, 0.717) is 0 Å². The van der Waals surface area contributed by atoms with Gasteiger partial charge in [0.15, 0.2) is 0 Å². The third kappa shape index (κ3) is 4.51. The van der Waals surface area contributed by atoms with E-state index in [9.17, 15) is 0 Å². The maximum Gasteiger partial charge on any atom is 0.134 e. The molecule has 0 spiro atoms. The van der Waals surface area contributed by atoms with E-state index >= 15 is 4.39 Å². The van der Waals surface area contributed by atoms with E-state index in [0.717, 1.165) is 54.9 Å². The molecule has 1 unspecified atom stereocenters. The van der Waals surface area contributed by atoms with Crippen LogP contribution in [0.3, 0.4) is 0 Å². The second-order valence-electron chi connectivity index (χ2n) is 8.78. The van der Waals surface area contributed by atoms with Crippen molar-refractivity contribution in [2.75, 3.05) is 0 Å². The van der Waals surface area contributed by atoms with Crippen molar-refractivity contribution >= 4 is 10.8 Å². The molecule has 0 aliphatic heterocycles. The molecule has 0 radical (unpaired) electrons. The van der Waals surface area contributed by atoms with Crippen LogP contribution in [0.5, 0.6) is 0 Å². The predicted octanol–water partition coefficient (Wildman–Crippen LogP) is 8.10. The van der Waals surface area contributed by atoms with Gasteiger partial charge in [-0.25, -0.2) is 4.39 Å². The Hall–Kier alpha value is -2.41. The Morgan fingerprint density at radius 3 is 2.63 bits per heavy atom. The van der Waals surface area contributed by atoms with Gasteiger partial charge in [0.2, 0.25) is 0 Å². The summed E-state index contributed by atoms with van der Waals surface area (Å²) in [7, 11) is 0. The summed E-state index contributed by atoms with van der Waals surface area (Å²) in [5.74, 6) is 0.265. The molecule has 0 heterocycles. The Labute approximate surface area is 180 Å². The van der Waals surface area contributed by atoms with Crippen LogP contribution in [0.4, 0.5) is 4.39 Å². The van der Waals surface area contributed by atoms with Crippen LogP contribution in [-0.2, 0) is 25.7 Å². The van der Waals surface area contributed by atoms with Gasteiger partial charge in [0, 0.05) is 5.39 Å². The average Bonchev–Trinajstić information content (AvgIpc) is 2.78. The quantitative estimate of drug-likeness (QED) is 0.351. The summed E-state index contributed by atoms with van der Waals surface area (Å²) >= 11 is 0. The Kier molecular flexibility index (Phi) is 6.67. The van der Waals surface area contributed by atoms with E-state index in [1.54, 1.807) is 0 Å². The summed E-state index contributed by atoms with van der Waals surface area (Å²) in [5.41, 5.74) is 6.49. The second-order valence-corrected chi connectivity index (χ2v) is 8.78. The fourth-order valence-electron chi connectivity index (χ4n) is 4.86. The molecule has 0 N–H and O–H groups in total. The van der Waals surface area contributed by atoms with Crippen LogP contribution in [0.25, 0.3) is 10.8 Å². The number of fused-ring (bicyclic) bond motifs is 2. The Bertz CT molecular complexity index is 1040. The molecule has 3 aromatic rings. The van der Waals surface area contributed by atoms with Gasteiger partial charge in [0.1, 0.15) is 5.82 Å². The van der Waals surface area contributed by atoms with Crippen LogP contribution in [0.1, 0.15) is 73.3 Å². The lowest BCUT2D eigenvalue weighted by atomic mass is 9.79. The third-order valence-corrected chi connectivity index (χ3v) is 6.64. The molecule has 1 aliphatic rings. The zero-order valence-electron chi connectivity index (χ0n) is 18.4. The van der Waals surface area contributed by atoms with Gasteiger partial charge in [-0.05, 0) is 91.0 Å². The number of halogens is 1. The molecule has 1 aliphatic carbocycles. The molecule has 30 heavy (non-hydrogen) atoms. The highest BCUT2D eigenvalue weighted by molar-refractivity contribution is 5.84. The van der Waals surface area contributed by atoms with Crippen molar-refractivity contribution in [1.82, 2.24) is 0 Å². The van der Waals surface area contributed by atoms with E-state index in [2.05, 4.69) is 62.4 Å². The molecule has 1 atom stereocenters. The fraction of sp³-hybridized carbons (Fsp3) is 0.379. The lowest BCUT2D eigenvalue weighted by Gasteiger charge is -2.26. The molecule has 0 fully saturated rings. The summed E-state index contributed by atoms with van der Waals surface area (Å²) in [6.07, 6.45) is 13.0. The van der Waals surface area contributed by atoms with E-state index in [-0.39, 0.29) is 11.7 Å². The lowest BCUT2D eigenvalue weighted by Crippen LogP contribution is -2.14. The normalized spacial score (nSPS) is 16.3. The highest BCUT2D eigenvalue weighted by Crippen LogP contribution is 2.36. The molecule has 0 saturated carbocycles. The maximum atomic E-state index is 15.4. The van der Waals surface area contributed by atoms with Crippen LogP contribution in [0, 0.1) is 5.82 Å². The first-order chi connectivity index (χ1) is 14.7. The van der Waals surface area contributed by atoms with Gasteiger partial charge in [0.05, 0.1) is 0 Å². The summed E-state index contributed by atoms with van der Waals surface area (Å²) in [4.78, 5) is 0. The Balaban J connectivity index is 1.54. The standard InChI is InChI=1S/C29H33F/c1-3-5-7-9-22-10-12-24-20-26(14-13-23(24)18-22)28-17-15-25-19-21(8-6-4-2)11-16-27(25)29(28)30/h3,5,10-12,15-19,26H,4,6-9,13-14,20H2,1-2H3/b5-3+. The average molecular weight is 401 g/mol. The van der Waals surface area contributed by atoms with Gasteiger partial charge >= 0.3 is 0 Å². The minimum Gasteiger partial charge on any atom is -0.206 e. The SMILES string of the molecule is C/C=C/CCc1ccc2c(c1)CCC(c1ccc3cc(CCCC)ccc3c1F)C2. The number of benzene rings is 3. The van der Waals surface area contributed by atoms with E-state index in [4.69, 9.17) is 0 Å². The summed E-state index contributed by atoms with van der Waals surface area (Å²) in [6.45, 7) is 4.28. The topological polar surface area (TPSA) is 0 Å². The summed E-state index contributed by atoms with van der Waals surface area (Å²) in [6, 6.07) is 17.4. The molecule has 0 saturated heterocycles. The van der Waals surface area contributed by atoms with Crippen molar-refractivity contribution in [3.63, 3.8) is 0 Å². The smallest absolute Gasteiger partial charge is 0.134 e. The monoisotopic (exact) mass is 400 g/mol. The molecule has 4 rings (SSSR count). The molecule has 156 valence electrons. The van der Waals surface area contributed by atoms with Gasteiger partial charge in [-0.3, -0.25) is 0 Å². The van der Waals surface area contributed by atoms with Crippen molar-refractivity contribution < 1.29 is 4.39 Å². The fourth-order valence-corrected chi connectivity index (χ4v) is 4.86. The molecule has 0 amide bonds. The maximum absolute atomic E-state index is 15.4. The zero-order chi connectivity index (χ0) is 20.9. The number of aryl methyl sites for hydroxylation is 3. The first kappa shape index (κ1) is 20.8. The summed E-state index contributed by atoms with van der Waals surface area (Å²) in [5, 5.41) is 1.81. The Morgan fingerprint density at radius 2 is 1.80 bits per heavy atom. The van der Waals surface area contributed by atoms with Crippen molar-refractivity contribution in [3.05, 3.63) is 94.3 Å². The summed E-state index contributed by atoms with van der Waals surface area (Å²) < 4.78 is 15.4. The van der Waals surface area contributed by atoms with Crippen molar-refractivity contribution in [2.45, 2.75) is 71.1 Å². The Morgan fingerprint density at radius 1 is 0.967 bits per heavy atom. The van der Waals surface area contributed by atoms with Crippen LogP contribution >= 0.6 is 0 Å². The molecular formula is C29H33F. The van der Waals surface area contributed by atoms with Crippen molar-refractivity contribution in [2.24, 2.45) is 0 Å². The molecule has 3 aromatic carbocycles. The second kappa shape index (κ2) is 9.60. The zero-order valence-corrected chi connectivity index (χ0v) is 18.4. The van der Waals surface area contributed by atoms with E-state index in [1.807, 2.05) is 12.1 Å². The minimum atomic E-state index is -0.00837. The van der Waals surface area contributed by atoms with Crippen LogP contribution in [0.2, 0.25) is 0 Å². The highest BCUT2D eigenvalue weighted by atomic mass is 19.1. The van der Waals surface area contributed by atoms with E-state index in [1.165, 1.54) is 35.1 Å². The lowest BCUT2D eigenvalue weighted by molar-refractivity contribution is 0.539. The molecule has 0 nitrogen and oxygen atoms in total. The minimum absolute atomic E-state index is 0.00837. The first-order valence-corrected chi connectivity index (χ1v) is 11.6. The van der Waals surface area contributed by atoms with Crippen LogP contribution in [0.15, 0.2) is 60.7 Å². The molecule has 0 bridgehead atoms. The van der Waals surface area contributed by atoms with Gasteiger partial charge in [-0.1, -0.05) is 74.0 Å². The third-order valence-electron chi connectivity index (χ3n) is 6.64. The highest BCUT2D eigenvalue weighted by Gasteiger charge is 2.23. The number of rotatable bonds is 7. The predicted molar refractivity (Wildman–Crippen MR) is 127 cm³/mol. The van der Waals surface area contributed by atoms with Gasteiger partial charge in [-0.15, -0.1) is 0 Å². The largest absolute Gasteiger partial charge is 0.206 e. The first-order valence-electron chi connectivity index (χ1n) is 11.6. The van der Waals surface area contributed by atoms with E-state index < -0.39 is 0 Å². The van der Waals surface area contributed by atoms with Crippen molar-refractivity contribution in [1.29, 1.82) is 0 Å².